The molecular formula is C65H124N2O7P+. The van der Waals surface area contributed by atoms with Gasteiger partial charge in [0.1, 0.15) is 19.3 Å². The molecule has 0 aromatic rings. The first kappa shape index (κ1) is 73.0. The Kier molecular flexibility index (Phi) is 53.8. The van der Waals surface area contributed by atoms with Crippen molar-refractivity contribution in [3.63, 3.8) is 0 Å². The van der Waals surface area contributed by atoms with Crippen LogP contribution in [0.5, 0.6) is 0 Å². The lowest BCUT2D eigenvalue weighted by Crippen LogP contribution is -2.47. The van der Waals surface area contributed by atoms with Gasteiger partial charge in [0.05, 0.1) is 33.8 Å². The SMILES string of the molecule is CCCCC/C=C\C/C=C\CCCCCCCCCCCCCCCC(=O)NC(COP(=O)(O)OCC[N+](C)(C)C)C(/C=C\CCCCCCCCCCCCC)OC(=O)CCCCC/C=C\CCCCCCCC. The first-order chi connectivity index (χ1) is 36.4. The molecule has 0 aliphatic carbocycles. The summed E-state index contributed by atoms with van der Waals surface area (Å²) in [5.74, 6) is -0.515. The molecule has 0 fully saturated rings. The molecule has 0 bridgehead atoms. The van der Waals surface area contributed by atoms with Gasteiger partial charge < -0.3 is 19.4 Å². The average Bonchev–Trinajstić information content (AvgIpc) is 3.37. The number of ether oxygens (including phenoxy) is 1. The highest BCUT2D eigenvalue weighted by Gasteiger charge is 2.30. The Morgan fingerprint density at radius 3 is 1.25 bits per heavy atom. The fourth-order valence-corrected chi connectivity index (χ4v) is 10.00. The first-order valence-corrected chi connectivity index (χ1v) is 33.5. The molecule has 0 spiro atoms. The predicted octanol–water partition coefficient (Wildman–Crippen LogP) is 19.7. The zero-order valence-corrected chi connectivity index (χ0v) is 51.2. The van der Waals surface area contributed by atoms with E-state index in [2.05, 4.69) is 62.5 Å². The maximum atomic E-state index is 13.6. The Morgan fingerprint density at radius 1 is 0.467 bits per heavy atom. The number of likely N-dealkylation sites (N-methyl/N-ethyl adjacent to an activating group) is 1. The summed E-state index contributed by atoms with van der Waals surface area (Å²) in [5, 5.41) is 3.06. The van der Waals surface area contributed by atoms with Crippen molar-refractivity contribution < 1.29 is 37.3 Å². The largest absolute Gasteiger partial charge is 0.472 e. The number of esters is 1. The third-order valence-corrected chi connectivity index (χ3v) is 15.2. The molecule has 0 aliphatic heterocycles. The molecule has 1 amide bonds. The standard InChI is InChI=1S/C65H123N2O7P/c1-7-10-13-16-19-22-25-28-29-30-31-32-33-34-35-36-37-40-42-45-48-51-54-57-64(68)66-62(61-73-75(70,71)72-60-59-67(4,5)6)63(56-53-50-47-44-41-38-26-23-20-17-14-11-8-2)74-65(69)58-55-52-49-46-43-39-27-24-21-18-15-12-9-3/h19,22,28-29,39,43,53,56,62-63H,7-18,20-21,23-27,30-38,40-42,44-52,54-55,57-61H2,1-6H3,(H-,66,68,70,71)/p+1/b22-19-,29-28-,43-39-,56-53-. The van der Waals surface area contributed by atoms with Crippen LogP contribution in [0.25, 0.3) is 0 Å². The highest BCUT2D eigenvalue weighted by molar-refractivity contribution is 7.47. The second-order valence-electron chi connectivity index (χ2n) is 22.9. The maximum absolute atomic E-state index is 13.6. The molecule has 0 aromatic carbocycles. The normalized spacial score (nSPS) is 14.0. The topological polar surface area (TPSA) is 111 Å². The Hall–Kier alpha value is -2.03. The molecule has 75 heavy (non-hydrogen) atoms. The van der Waals surface area contributed by atoms with Gasteiger partial charge in [-0.1, -0.05) is 250 Å². The summed E-state index contributed by atoms with van der Waals surface area (Å²) < 4.78 is 30.7. The number of nitrogens with zero attached hydrogens (tertiary/aromatic N) is 1. The van der Waals surface area contributed by atoms with Gasteiger partial charge in [-0.05, 0) is 89.5 Å². The van der Waals surface area contributed by atoms with Crippen molar-refractivity contribution >= 4 is 19.7 Å². The lowest BCUT2D eigenvalue weighted by molar-refractivity contribution is -0.870. The number of nitrogens with one attached hydrogen (secondary N) is 1. The molecule has 2 N–H and O–H groups in total. The van der Waals surface area contributed by atoms with Crippen molar-refractivity contribution in [1.29, 1.82) is 0 Å². The van der Waals surface area contributed by atoms with Gasteiger partial charge in [-0.2, -0.15) is 0 Å². The summed E-state index contributed by atoms with van der Waals surface area (Å²) in [7, 11) is 1.49. The van der Waals surface area contributed by atoms with Crippen molar-refractivity contribution in [2.75, 3.05) is 40.9 Å². The number of allylic oxidation sites excluding steroid dienone is 7. The second kappa shape index (κ2) is 55.3. The van der Waals surface area contributed by atoms with Gasteiger partial charge in [-0.15, -0.1) is 0 Å². The van der Waals surface area contributed by atoms with Gasteiger partial charge in [0, 0.05) is 12.8 Å². The lowest BCUT2D eigenvalue weighted by atomic mass is 10.0. The third kappa shape index (κ3) is 56.5. The smallest absolute Gasteiger partial charge is 0.456 e. The van der Waals surface area contributed by atoms with Crippen LogP contribution in [-0.4, -0.2) is 74.3 Å². The van der Waals surface area contributed by atoms with E-state index >= 15 is 0 Å². The van der Waals surface area contributed by atoms with Crippen LogP contribution in [0, 0.1) is 0 Å². The van der Waals surface area contributed by atoms with Crippen LogP contribution in [-0.2, 0) is 27.9 Å². The number of carbonyl (C=O) groups excluding carboxylic acids is 2. The van der Waals surface area contributed by atoms with Crippen LogP contribution in [0.3, 0.4) is 0 Å². The van der Waals surface area contributed by atoms with Crippen LogP contribution < -0.4 is 5.32 Å². The van der Waals surface area contributed by atoms with Gasteiger partial charge in [0.15, 0.2) is 0 Å². The van der Waals surface area contributed by atoms with Crippen LogP contribution in [0.15, 0.2) is 48.6 Å². The Labute approximate surface area is 465 Å². The van der Waals surface area contributed by atoms with E-state index in [4.69, 9.17) is 13.8 Å². The van der Waals surface area contributed by atoms with Crippen LogP contribution in [0.1, 0.15) is 303 Å². The molecule has 0 saturated carbocycles. The Morgan fingerprint density at radius 2 is 0.813 bits per heavy atom. The van der Waals surface area contributed by atoms with Gasteiger partial charge in [0.2, 0.25) is 5.91 Å². The van der Waals surface area contributed by atoms with Crippen LogP contribution in [0.4, 0.5) is 0 Å². The minimum Gasteiger partial charge on any atom is -0.456 e. The van der Waals surface area contributed by atoms with E-state index in [1.165, 1.54) is 193 Å². The summed E-state index contributed by atoms with van der Waals surface area (Å²) in [5.41, 5.74) is 0. The third-order valence-electron chi connectivity index (χ3n) is 14.2. The number of phosphoric acid groups is 1. The van der Waals surface area contributed by atoms with E-state index in [-0.39, 0.29) is 31.5 Å². The fourth-order valence-electron chi connectivity index (χ4n) is 9.26. The van der Waals surface area contributed by atoms with Gasteiger partial charge >= 0.3 is 13.8 Å². The molecule has 3 atom stereocenters. The van der Waals surface area contributed by atoms with Crippen molar-refractivity contribution in [3.8, 4) is 0 Å². The van der Waals surface area contributed by atoms with Crippen molar-refractivity contribution in [2.24, 2.45) is 0 Å². The van der Waals surface area contributed by atoms with E-state index in [9.17, 15) is 19.0 Å². The number of hydrogen-bond donors (Lipinski definition) is 2. The van der Waals surface area contributed by atoms with Crippen molar-refractivity contribution in [2.45, 2.75) is 315 Å². The van der Waals surface area contributed by atoms with E-state index in [1.807, 2.05) is 33.3 Å². The second-order valence-corrected chi connectivity index (χ2v) is 24.4. The molecule has 0 aliphatic rings. The van der Waals surface area contributed by atoms with Gasteiger partial charge in [-0.25, -0.2) is 4.57 Å². The quantitative estimate of drug-likeness (QED) is 0.0205. The monoisotopic (exact) mass is 1080 g/mol. The van der Waals surface area contributed by atoms with E-state index in [0.29, 0.717) is 17.4 Å². The number of phosphoric ester groups is 1. The number of hydrogen-bond acceptors (Lipinski definition) is 6. The molecule has 3 unspecified atom stereocenters. The van der Waals surface area contributed by atoms with E-state index in [0.717, 1.165) is 77.0 Å². The summed E-state index contributed by atoms with van der Waals surface area (Å²) in [6, 6.07) is -0.853. The number of unbranched alkanes of at least 4 members (excludes halogenated alkanes) is 36. The summed E-state index contributed by atoms with van der Waals surface area (Å²) >= 11 is 0. The zero-order valence-electron chi connectivity index (χ0n) is 50.3. The molecule has 0 rings (SSSR count). The fraction of sp³-hybridized carbons (Fsp3) is 0.846. The summed E-state index contributed by atoms with van der Waals surface area (Å²) in [4.78, 5) is 37.7. The van der Waals surface area contributed by atoms with E-state index < -0.39 is 20.0 Å². The highest BCUT2D eigenvalue weighted by Crippen LogP contribution is 2.43. The Balaban J connectivity index is 5.17. The first-order valence-electron chi connectivity index (χ1n) is 32.0. The number of rotatable bonds is 58. The van der Waals surface area contributed by atoms with Crippen LogP contribution >= 0.6 is 7.82 Å². The predicted molar refractivity (Wildman–Crippen MR) is 323 cm³/mol. The molecule has 0 radical (unpaired) electrons. The molecule has 9 nitrogen and oxygen atoms in total. The molecule has 0 aromatic heterocycles. The van der Waals surface area contributed by atoms with Gasteiger partial charge in [0.25, 0.3) is 0 Å². The number of carbonyl (C=O) groups is 2. The Bertz CT molecular complexity index is 1420. The molecule has 0 saturated heterocycles. The summed E-state index contributed by atoms with van der Waals surface area (Å²) in [6.45, 7) is 7.00. The van der Waals surface area contributed by atoms with Crippen molar-refractivity contribution in [1.82, 2.24) is 5.32 Å². The van der Waals surface area contributed by atoms with Gasteiger partial charge in [-0.3, -0.25) is 18.6 Å². The van der Waals surface area contributed by atoms with Crippen LogP contribution in [0.2, 0.25) is 0 Å². The summed E-state index contributed by atoms with van der Waals surface area (Å²) in [6.07, 6.45) is 68.2. The minimum atomic E-state index is -4.45. The van der Waals surface area contributed by atoms with E-state index in [1.54, 1.807) is 0 Å². The zero-order chi connectivity index (χ0) is 55.0. The molecular weight excluding hydrogens is 952 g/mol. The molecule has 10 heteroatoms. The minimum absolute atomic E-state index is 0.0387. The number of quaternary nitrogens is 1. The highest BCUT2D eigenvalue weighted by atomic mass is 31.2. The maximum Gasteiger partial charge on any atom is 0.472 e. The average molecular weight is 1080 g/mol. The lowest BCUT2D eigenvalue weighted by Gasteiger charge is -2.27. The molecule has 440 valence electrons. The number of amides is 1. The van der Waals surface area contributed by atoms with Crippen molar-refractivity contribution in [3.05, 3.63) is 48.6 Å². The molecule has 0 heterocycles.